The summed E-state index contributed by atoms with van der Waals surface area (Å²) in [4.78, 5) is 31.8. The first-order chi connectivity index (χ1) is 12.9. The second-order valence-corrected chi connectivity index (χ2v) is 9.31. The molecule has 2 N–H and O–H groups in total. The predicted octanol–water partition coefficient (Wildman–Crippen LogP) is 6.72. The van der Waals surface area contributed by atoms with Crippen molar-refractivity contribution < 1.29 is 19.1 Å². The average molecular weight is 406 g/mol. The Morgan fingerprint density at radius 2 is 1.19 bits per heavy atom. The number of nitrogens with zero attached hydrogens (tertiary/aromatic N) is 1. The molecule has 162 valence electrons. The van der Waals surface area contributed by atoms with E-state index in [1.807, 2.05) is 0 Å². The molecule has 0 aliphatic rings. The Morgan fingerprint density at radius 3 is 1.56 bits per heavy atom. The fourth-order valence-electron chi connectivity index (χ4n) is 3.59. The Kier molecular flexibility index (Phi) is 16.3. The average Bonchev–Trinajstić information content (AvgIpc) is 2.63. The van der Waals surface area contributed by atoms with Gasteiger partial charge in [0.2, 0.25) is 0 Å². The van der Waals surface area contributed by atoms with E-state index in [1.165, 1.54) is 69.1 Å². The van der Waals surface area contributed by atoms with Crippen molar-refractivity contribution in [3.05, 3.63) is 0 Å². The minimum absolute atomic E-state index is 0.345. The SMILES string of the molecule is CCCCCCCCC(CCCCCCCC)CN(CC)C(=O)P(=O)(O)O. The number of carbonyl (C=O) groups excluding carboxylic acids is 1. The zero-order chi connectivity index (χ0) is 20.5. The summed E-state index contributed by atoms with van der Waals surface area (Å²) in [5, 5.41) is 0. The van der Waals surface area contributed by atoms with Gasteiger partial charge in [0.25, 0.3) is 0 Å². The standard InChI is InChI=1S/C21H44NO4P/c1-4-7-9-11-13-15-17-20(18-16-14-12-10-8-5-2)19-22(6-3)21(23)27(24,25)26/h20H,4-19H2,1-3H3,(H2,24,25,26). The third kappa shape index (κ3) is 14.3. The Labute approximate surface area is 167 Å². The normalized spacial score (nSPS) is 11.9. The molecule has 1 amide bonds. The number of hydrogen-bond acceptors (Lipinski definition) is 2. The highest BCUT2D eigenvalue weighted by molar-refractivity contribution is 7.69. The van der Waals surface area contributed by atoms with Crippen LogP contribution < -0.4 is 0 Å². The van der Waals surface area contributed by atoms with Gasteiger partial charge < -0.3 is 14.7 Å². The molecule has 27 heavy (non-hydrogen) atoms. The summed E-state index contributed by atoms with van der Waals surface area (Å²) < 4.78 is 11.3. The van der Waals surface area contributed by atoms with Crippen LogP contribution in [0.4, 0.5) is 4.79 Å². The van der Waals surface area contributed by atoms with E-state index in [2.05, 4.69) is 13.8 Å². The van der Waals surface area contributed by atoms with E-state index in [0.29, 0.717) is 19.0 Å². The monoisotopic (exact) mass is 405 g/mol. The molecule has 0 aliphatic carbocycles. The first-order valence-electron chi connectivity index (χ1n) is 11.2. The van der Waals surface area contributed by atoms with Crippen molar-refractivity contribution in [2.24, 2.45) is 5.92 Å². The third-order valence-electron chi connectivity index (χ3n) is 5.31. The molecule has 0 saturated carbocycles. The summed E-state index contributed by atoms with van der Waals surface area (Å²) in [6.45, 7) is 7.06. The number of amides is 1. The molecule has 0 radical (unpaired) electrons. The molecule has 0 saturated heterocycles. The largest absolute Gasteiger partial charge is 0.413 e. The molecule has 6 heteroatoms. The lowest BCUT2D eigenvalue weighted by Crippen LogP contribution is -2.34. The van der Waals surface area contributed by atoms with Crippen molar-refractivity contribution in [1.29, 1.82) is 0 Å². The van der Waals surface area contributed by atoms with Crippen LogP contribution in [0.25, 0.3) is 0 Å². The maximum absolute atomic E-state index is 12.0. The lowest BCUT2D eigenvalue weighted by atomic mass is 9.93. The van der Waals surface area contributed by atoms with Gasteiger partial charge in [-0.2, -0.15) is 0 Å². The van der Waals surface area contributed by atoms with Crippen LogP contribution in [-0.4, -0.2) is 33.4 Å². The van der Waals surface area contributed by atoms with E-state index in [4.69, 9.17) is 0 Å². The summed E-state index contributed by atoms with van der Waals surface area (Å²) in [6.07, 6.45) is 17.0. The van der Waals surface area contributed by atoms with E-state index in [0.717, 1.165) is 25.7 Å². The smallest absolute Gasteiger partial charge is 0.332 e. The van der Waals surface area contributed by atoms with Crippen LogP contribution in [0.15, 0.2) is 0 Å². The predicted molar refractivity (Wildman–Crippen MR) is 114 cm³/mol. The zero-order valence-corrected chi connectivity index (χ0v) is 18.9. The van der Waals surface area contributed by atoms with Crippen LogP contribution in [0.3, 0.4) is 0 Å². The second kappa shape index (κ2) is 16.6. The van der Waals surface area contributed by atoms with E-state index in [-0.39, 0.29) is 0 Å². The van der Waals surface area contributed by atoms with E-state index in [9.17, 15) is 19.1 Å². The molecule has 0 unspecified atom stereocenters. The highest BCUT2D eigenvalue weighted by Gasteiger charge is 2.31. The Balaban J connectivity index is 4.46. The van der Waals surface area contributed by atoms with Crippen LogP contribution in [0.1, 0.15) is 111 Å². The zero-order valence-electron chi connectivity index (χ0n) is 18.0. The van der Waals surface area contributed by atoms with Gasteiger partial charge in [-0.15, -0.1) is 0 Å². The van der Waals surface area contributed by atoms with Crippen LogP contribution in [0.5, 0.6) is 0 Å². The molecule has 0 aromatic rings. The molecule has 0 bridgehead atoms. The molecule has 0 aromatic carbocycles. The summed E-state index contributed by atoms with van der Waals surface area (Å²) in [5.74, 6) is 0.345. The number of hydrogen-bond donors (Lipinski definition) is 2. The minimum atomic E-state index is -4.69. The maximum Gasteiger partial charge on any atom is 0.413 e. The second-order valence-electron chi connectivity index (χ2n) is 7.84. The van der Waals surface area contributed by atoms with Crippen molar-refractivity contribution in [3.63, 3.8) is 0 Å². The highest BCUT2D eigenvalue weighted by atomic mass is 31.2. The van der Waals surface area contributed by atoms with Crippen LogP contribution in [0, 0.1) is 5.92 Å². The van der Waals surface area contributed by atoms with Crippen molar-refractivity contribution >= 4 is 13.2 Å². The summed E-state index contributed by atoms with van der Waals surface area (Å²) in [7, 11) is -4.69. The summed E-state index contributed by atoms with van der Waals surface area (Å²) in [5.41, 5.74) is -1.01. The number of carbonyl (C=O) groups is 1. The van der Waals surface area contributed by atoms with Gasteiger partial charge in [0.05, 0.1) is 0 Å². The lowest BCUT2D eigenvalue weighted by Gasteiger charge is -2.27. The van der Waals surface area contributed by atoms with Gasteiger partial charge in [0.15, 0.2) is 0 Å². The number of unbranched alkanes of at least 4 members (excludes halogenated alkanes) is 10. The molecule has 0 spiro atoms. The van der Waals surface area contributed by atoms with Gasteiger partial charge in [-0.3, -0.25) is 4.79 Å². The summed E-state index contributed by atoms with van der Waals surface area (Å²) >= 11 is 0. The molecular formula is C21H44NO4P. The van der Waals surface area contributed by atoms with Crippen LogP contribution >= 0.6 is 7.60 Å². The van der Waals surface area contributed by atoms with Gasteiger partial charge in [0, 0.05) is 13.1 Å². The summed E-state index contributed by atoms with van der Waals surface area (Å²) in [6, 6.07) is 0. The Bertz CT molecular complexity index is 395. The first kappa shape index (κ1) is 26.6. The third-order valence-corrected chi connectivity index (χ3v) is 6.09. The first-order valence-corrected chi connectivity index (χ1v) is 12.8. The molecule has 0 aliphatic heterocycles. The van der Waals surface area contributed by atoms with E-state index >= 15 is 0 Å². The van der Waals surface area contributed by atoms with E-state index in [1.54, 1.807) is 6.92 Å². The van der Waals surface area contributed by atoms with Gasteiger partial charge in [-0.05, 0) is 25.7 Å². The van der Waals surface area contributed by atoms with E-state index < -0.39 is 13.2 Å². The fraction of sp³-hybridized carbons (Fsp3) is 0.952. The molecule has 5 nitrogen and oxygen atoms in total. The van der Waals surface area contributed by atoms with Crippen molar-refractivity contribution in [3.8, 4) is 0 Å². The van der Waals surface area contributed by atoms with Gasteiger partial charge in [0.1, 0.15) is 0 Å². The highest BCUT2D eigenvalue weighted by Crippen LogP contribution is 2.38. The Hall–Kier alpha value is -0.380. The molecule has 0 heterocycles. The van der Waals surface area contributed by atoms with Crippen molar-refractivity contribution in [2.45, 2.75) is 111 Å². The maximum atomic E-state index is 12.0. The topological polar surface area (TPSA) is 77.8 Å². The van der Waals surface area contributed by atoms with Gasteiger partial charge >= 0.3 is 13.2 Å². The number of rotatable bonds is 18. The van der Waals surface area contributed by atoms with Crippen molar-refractivity contribution in [2.75, 3.05) is 13.1 Å². The van der Waals surface area contributed by atoms with Crippen LogP contribution in [-0.2, 0) is 4.57 Å². The molecular weight excluding hydrogens is 361 g/mol. The van der Waals surface area contributed by atoms with Gasteiger partial charge in [-0.25, -0.2) is 4.57 Å². The van der Waals surface area contributed by atoms with Gasteiger partial charge in [-0.1, -0.05) is 90.9 Å². The fourth-order valence-corrected chi connectivity index (χ4v) is 4.18. The van der Waals surface area contributed by atoms with Crippen molar-refractivity contribution in [1.82, 2.24) is 4.90 Å². The quantitative estimate of drug-likeness (QED) is 0.196. The lowest BCUT2D eigenvalue weighted by molar-refractivity contribution is 0.198. The Morgan fingerprint density at radius 1 is 0.778 bits per heavy atom. The molecule has 0 rings (SSSR count). The molecule has 0 atom stereocenters. The minimum Gasteiger partial charge on any atom is -0.332 e. The molecule has 0 aromatic heterocycles. The van der Waals surface area contributed by atoms with Crippen LogP contribution in [0.2, 0.25) is 0 Å². The molecule has 0 fully saturated rings.